The van der Waals surface area contributed by atoms with Gasteiger partial charge in [-0.3, -0.25) is 14.6 Å². The maximum atomic E-state index is 10.6. The van der Waals surface area contributed by atoms with E-state index in [4.69, 9.17) is 9.84 Å². The summed E-state index contributed by atoms with van der Waals surface area (Å²) in [5, 5.41) is 8.74. The van der Waals surface area contributed by atoms with Gasteiger partial charge in [0.1, 0.15) is 0 Å². The van der Waals surface area contributed by atoms with Gasteiger partial charge in [0.25, 0.3) is 0 Å². The van der Waals surface area contributed by atoms with Crippen LogP contribution in [0.2, 0.25) is 0 Å². The molecule has 0 aromatic carbocycles. The van der Waals surface area contributed by atoms with E-state index < -0.39 is 5.97 Å². The topological polar surface area (TPSA) is 53.0 Å². The predicted molar refractivity (Wildman–Crippen MR) is 61.5 cm³/mol. The molecule has 0 aromatic rings. The van der Waals surface area contributed by atoms with E-state index in [2.05, 4.69) is 11.5 Å². The molecule has 0 saturated carbocycles. The van der Waals surface area contributed by atoms with E-state index in [0.717, 1.165) is 39.4 Å². The minimum absolute atomic E-state index is 0.0797. The first-order valence-electron chi connectivity index (χ1n) is 5.57. The summed E-state index contributed by atoms with van der Waals surface area (Å²) in [7, 11) is 0. The summed E-state index contributed by atoms with van der Waals surface area (Å²) in [4.78, 5) is 14.8. The van der Waals surface area contributed by atoms with Crippen molar-refractivity contribution in [1.82, 2.24) is 9.80 Å². The van der Waals surface area contributed by atoms with Crippen LogP contribution in [0.5, 0.6) is 0 Å². The second-order valence-corrected chi connectivity index (χ2v) is 3.87. The van der Waals surface area contributed by atoms with Crippen molar-refractivity contribution in [2.24, 2.45) is 0 Å². The summed E-state index contributed by atoms with van der Waals surface area (Å²) >= 11 is 0. The van der Waals surface area contributed by atoms with E-state index in [0.29, 0.717) is 6.54 Å². The number of ether oxygens (including phenoxy) is 1. The fourth-order valence-corrected chi connectivity index (χ4v) is 1.72. The Kier molecular flexibility index (Phi) is 6.07. The molecule has 0 amide bonds. The fourth-order valence-electron chi connectivity index (χ4n) is 1.72. The molecule has 0 aliphatic carbocycles. The first-order chi connectivity index (χ1) is 7.72. The van der Waals surface area contributed by atoms with E-state index in [9.17, 15) is 4.79 Å². The van der Waals surface area contributed by atoms with Crippen LogP contribution in [0.15, 0.2) is 12.7 Å². The molecule has 1 heterocycles. The number of hydrogen-bond acceptors (Lipinski definition) is 4. The highest BCUT2D eigenvalue weighted by atomic mass is 16.5. The number of carbonyl (C=O) groups is 1. The molecule has 1 fully saturated rings. The molecule has 0 spiro atoms. The SMILES string of the molecule is C=CCN(CCN1CCOCC1)CC(=O)O. The second-order valence-electron chi connectivity index (χ2n) is 3.87. The van der Waals surface area contributed by atoms with Crippen LogP contribution in [0, 0.1) is 0 Å². The summed E-state index contributed by atoms with van der Waals surface area (Å²) in [6, 6.07) is 0. The van der Waals surface area contributed by atoms with Crippen molar-refractivity contribution >= 4 is 5.97 Å². The molecule has 1 aliphatic heterocycles. The molecule has 1 N–H and O–H groups in total. The monoisotopic (exact) mass is 228 g/mol. The number of morpholine rings is 1. The Morgan fingerprint density at radius 3 is 2.75 bits per heavy atom. The third kappa shape index (κ3) is 5.25. The molecule has 16 heavy (non-hydrogen) atoms. The zero-order valence-corrected chi connectivity index (χ0v) is 9.60. The van der Waals surface area contributed by atoms with Crippen molar-refractivity contribution in [1.29, 1.82) is 0 Å². The van der Waals surface area contributed by atoms with Crippen molar-refractivity contribution in [2.45, 2.75) is 0 Å². The summed E-state index contributed by atoms with van der Waals surface area (Å²) < 4.78 is 5.25. The molecule has 0 atom stereocenters. The number of rotatable bonds is 7. The highest BCUT2D eigenvalue weighted by Gasteiger charge is 2.13. The van der Waals surface area contributed by atoms with Gasteiger partial charge in [0.15, 0.2) is 0 Å². The van der Waals surface area contributed by atoms with Crippen molar-refractivity contribution in [3.63, 3.8) is 0 Å². The van der Waals surface area contributed by atoms with E-state index >= 15 is 0 Å². The van der Waals surface area contributed by atoms with Crippen molar-refractivity contribution in [2.75, 3.05) is 52.5 Å². The van der Waals surface area contributed by atoms with Crippen LogP contribution in [0.4, 0.5) is 0 Å². The first-order valence-corrected chi connectivity index (χ1v) is 5.57. The van der Waals surface area contributed by atoms with Gasteiger partial charge < -0.3 is 9.84 Å². The molecule has 5 heteroatoms. The van der Waals surface area contributed by atoms with Gasteiger partial charge in [-0.05, 0) is 0 Å². The number of carboxylic acids is 1. The van der Waals surface area contributed by atoms with Gasteiger partial charge in [-0.2, -0.15) is 0 Å². The van der Waals surface area contributed by atoms with Crippen LogP contribution >= 0.6 is 0 Å². The zero-order chi connectivity index (χ0) is 11.8. The lowest BCUT2D eigenvalue weighted by atomic mass is 10.3. The summed E-state index contributed by atoms with van der Waals surface area (Å²) in [5.41, 5.74) is 0. The lowest BCUT2D eigenvalue weighted by molar-refractivity contribution is -0.138. The van der Waals surface area contributed by atoms with Gasteiger partial charge >= 0.3 is 5.97 Å². The van der Waals surface area contributed by atoms with Crippen molar-refractivity contribution in [3.8, 4) is 0 Å². The Morgan fingerprint density at radius 1 is 1.50 bits per heavy atom. The molecule has 1 aliphatic rings. The van der Waals surface area contributed by atoms with Crippen LogP contribution in [0.25, 0.3) is 0 Å². The minimum atomic E-state index is -0.788. The normalized spacial score (nSPS) is 17.6. The van der Waals surface area contributed by atoms with Crippen LogP contribution in [-0.4, -0.2) is 73.4 Å². The van der Waals surface area contributed by atoms with Crippen molar-refractivity contribution in [3.05, 3.63) is 12.7 Å². The molecule has 5 nitrogen and oxygen atoms in total. The van der Waals surface area contributed by atoms with E-state index in [-0.39, 0.29) is 6.54 Å². The Balaban J connectivity index is 2.24. The van der Waals surface area contributed by atoms with Gasteiger partial charge in [-0.15, -0.1) is 6.58 Å². The third-order valence-electron chi connectivity index (χ3n) is 2.58. The van der Waals surface area contributed by atoms with Crippen LogP contribution in [-0.2, 0) is 9.53 Å². The second kappa shape index (κ2) is 7.38. The molecular weight excluding hydrogens is 208 g/mol. The van der Waals surface area contributed by atoms with E-state index in [1.54, 1.807) is 6.08 Å². The molecule has 0 aromatic heterocycles. The smallest absolute Gasteiger partial charge is 0.317 e. The number of nitrogens with zero attached hydrogens (tertiary/aromatic N) is 2. The average Bonchev–Trinajstić information content (AvgIpc) is 2.27. The fraction of sp³-hybridized carbons (Fsp3) is 0.727. The Morgan fingerprint density at radius 2 is 2.19 bits per heavy atom. The maximum Gasteiger partial charge on any atom is 0.317 e. The Labute approximate surface area is 96.3 Å². The molecule has 1 saturated heterocycles. The minimum Gasteiger partial charge on any atom is -0.480 e. The lowest BCUT2D eigenvalue weighted by Gasteiger charge is -2.29. The third-order valence-corrected chi connectivity index (χ3v) is 2.58. The number of hydrogen-bond donors (Lipinski definition) is 1. The molecular formula is C11H20N2O3. The molecule has 92 valence electrons. The largest absolute Gasteiger partial charge is 0.480 e. The van der Waals surface area contributed by atoms with Gasteiger partial charge in [0.05, 0.1) is 19.8 Å². The molecule has 0 radical (unpaired) electrons. The number of carboxylic acid groups (broad SMARTS) is 1. The zero-order valence-electron chi connectivity index (χ0n) is 9.60. The van der Waals surface area contributed by atoms with Gasteiger partial charge in [0.2, 0.25) is 0 Å². The summed E-state index contributed by atoms with van der Waals surface area (Å²) in [6.45, 7) is 9.43. The maximum absolute atomic E-state index is 10.6. The van der Waals surface area contributed by atoms with Crippen molar-refractivity contribution < 1.29 is 14.6 Å². The predicted octanol–water partition coefficient (Wildman–Crippen LogP) is -0.109. The molecule has 0 unspecified atom stereocenters. The van der Waals surface area contributed by atoms with Gasteiger partial charge in [-0.1, -0.05) is 6.08 Å². The highest BCUT2D eigenvalue weighted by Crippen LogP contribution is 1.98. The summed E-state index contributed by atoms with van der Waals surface area (Å²) in [6.07, 6.45) is 1.74. The van der Waals surface area contributed by atoms with Crippen LogP contribution < -0.4 is 0 Å². The summed E-state index contributed by atoms with van der Waals surface area (Å²) in [5.74, 6) is -0.788. The first kappa shape index (κ1) is 13.2. The standard InChI is InChI=1S/C11H20N2O3/c1-2-3-13(10-11(14)15)5-4-12-6-8-16-9-7-12/h2H,1,3-10H2,(H,14,15). The Bertz CT molecular complexity index is 227. The Hall–Kier alpha value is -0.910. The lowest BCUT2D eigenvalue weighted by Crippen LogP contribution is -2.42. The average molecular weight is 228 g/mol. The van der Waals surface area contributed by atoms with Crippen LogP contribution in [0.3, 0.4) is 0 Å². The highest BCUT2D eigenvalue weighted by molar-refractivity contribution is 5.69. The quantitative estimate of drug-likeness (QED) is 0.616. The van der Waals surface area contributed by atoms with E-state index in [1.807, 2.05) is 4.90 Å². The van der Waals surface area contributed by atoms with Gasteiger partial charge in [-0.25, -0.2) is 0 Å². The molecule has 1 rings (SSSR count). The number of aliphatic carboxylic acids is 1. The van der Waals surface area contributed by atoms with Crippen LogP contribution in [0.1, 0.15) is 0 Å². The van der Waals surface area contributed by atoms with E-state index in [1.165, 1.54) is 0 Å². The van der Waals surface area contributed by atoms with Gasteiger partial charge in [0, 0.05) is 32.7 Å². The molecule has 0 bridgehead atoms.